The van der Waals surface area contributed by atoms with Crippen molar-refractivity contribution >= 4 is 40.0 Å². The van der Waals surface area contributed by atoms with Crippen molar-refractivity contribution in [1.29, 1.82) is 0 Å². The van der Waals surface area contributed by atoms with Crippen LogP contribution in [0.3, 0.4) is 0 Å². The van der Waals surface area contributed by atoms with Crippen LogP contribution in [0.5, 0.6) is 5.75 Å². The number of amides is 1. The van der Waals surface area contributed by atoms with Gasteiger partial charge in [0.05, 0.1) is 17.9 Å². The SMILES string of the molecule is CCOC(=O)c1c(NC(=O)CSc2n[nH]c(COc3ccccc3)n2)sc2c1CCCC2. The lowest BCUT2D eigenvalue weighted by Gasteiger charge is -2.12. The molecule has 10 heteroatoms. The first-order valence-corrected chi connectivity index (χ1v) is 12.3. The van der Waals surface area contributed by atoms with Crippen LogP contribution in [-0.2, 0) is 29.0 Å². The number of rotatable bonds is 9. The molecule has 1 aromatic carbocycles. The van der Waals surface area contributed by atoms with Crippen molar-refractivity contribution in [2.75, 3.05) is 17.7 Å². The molecule has 0 saturated heterocycles. The highest BCUT2D eigenvalue weighted by molar-refractivity contribution is 7.99. The molecule has 0 aliphatic heterocycles. The largest absolute Gasteiger partial charge is 0.486 e. The number of carbonyl (C=O) groups is 2. The summed E-state index contributed by atoms with van der Waals surface area (Å²) in [5.41, 5.74) is 1.54. The first kappa shape index (κ1) is 22.3. The van der Waals surface area contributed by atoms with Gasteiger partial charge in [0.1, 0.15) is 17.4 Å². The summed E-state index contributed by atoms with van der Waals surface area (Å²) in [6.07, 6.45) is 3.92. The summed E-state index contributed by atoms with van der Waals surface area (Å²) in [4.78, 5) is 30.6. The predicted molar refractivity (Wildman–Crippen MR) is 123 cm³/mol. The maximum atomic E-state index is 12.6. The number of nitrogens with zero attached hydrogens (tertiary/aromatic N) is 2. The van der Waals surface area contributed by atoms with Gasteiger partial charge >= 0.3 is 5.97 Å². The molecular weight excluding hydrogens is 448 g/mol. The minimum absolute atomic E-state index is 0.127. The van der Waals surface area contributed by atoms with Gasteiger partial charge < -0.3 is 14.8 Å². The van der Waals surface area contributed by atoms with E-state index >= 15 is 0 Å². The number of nitrogens with one attached hydrogen (secondary N) is 2. The standard InChI is InChI=1S/C22H24N4O4S2/c1-2-29-21(28)19-15-10-6-7-11-16(15)32-20(19)24-18(27)13-31-22-23-17(25-26-22)12-30-14-8-4-3-5-9-14/h3-5,8-9H,2,6-7,10-13H2,1H3,(H,24,27)(H,23,25,26). The second kappa shape index (κ2) is 10.6. The molecular formula is C22H24N4O4S2. The van der Waals surface area contributed by atoms with Crippen molar-refractivity contribution in [2.45, 2.75) is 44.4 Å². The predicted octanol–water partition coefficient (Wildman–Crippen LogP) is 4.23. The van der Waals surface area contributed by atoms with E-state index in [0.717, 1.165) is 37.0 Å². The molecule has 4 rings (SSSR count). The van der Waals surface area contributed by atoms with E-state index in [0.29, 0.717) is 28.2 Å². The van der Waals surface area contributed by atoms with Crippen LogP contribution in [0.25, 0.3) is 0 Å². The smallest absolute Gasteiger partial charge is 0.341 e. The molecule has 168 valence electrons. The fourth-order valence-electron chi connectivity index (χ4n) is 3.44. The number of carbonyl (C=O) groups excluding carboxylic acids is 2. The van der Waals surface area contributed by atoms with Gasteiger partial charge in [0.15, 0.2) is 5.82 Å². The van der Waals surface area contributed by atoms with Gasteiger partial charge in [0, 0.05) is 4.88 Å². The number of thioether (sulfide) groups is 1. The summed E-state index contributed by atoms with van der Waals surface area (Å²) in [7, 11) is 0. The zero-order chi connectivity index (χ0) is 22.3. The molecule has 8 nitrogen and oxygen atoms in total. The van der Waals surface area contributed by atoms with Crippen molar-refractivity contribution < 1.29 is 19.1 Å². The number of hydrogen-bond acceptors (Lipinski definition) is 8. The van der Waals surface area contributed by atoms with Crippen molar-refractivity contribution in [1.82, 2.24) is 15.2 Å². The number of hydrogen-bond donors (Lipinski definition) is 2. The number of ether oxygens (including phenoxy) is 2. The summed E-state index contributed by atoms with van der Waals surface area (Å²) in [5, 5.41) is 10.9. The molecule has 2 aromatic heterocycles. The molecule has 1 aliphatic rings. The molecule has 32 heavy (non-hydrogen) atoms. The third-order valence-electron chi connectivity index (χ3n) is 4.87. The quantitative estimate of drug-likeness (QED) is 0.354. The van der Waals surface area contributed by atoms with E-state index in [1.807, 2.05) is 30.3 Å². The second-order valence-corrected chi connectivity index (χ2v) is 9.19. The average molecular weight is 473 g/mol. The third kappa shape index (κ3) is 5.49. The molecule has 0 radical (unpaired) electrons. The summed E-state index contributed by atoms with van der Waals surface area (Å²) in [5.74, 6) is 0.862. The molecule has 0 unspecified atom stereocenters. The highest BCUT2D eigenvalue weighted by Crippen LogP contribution is 2.38. The first-order valence-electron chi connectivity index (χ1n) is 10.5. The summed E-state index contributed by atoms with van der Waals surface area (Å²) < 4.78 is 10.9. The van der Waals surface area contributed by atoms with Crippen LogP contribution in [0.4, 0.5) is 5.00 Å². The van der Waals surface area contributed by atoms with Crippen LogP contribution in [0.1, 0.15) is 46.4 Å². The number of benzene rings is 1. The van der Waals surface area contributed by atoms with E-state index in [1.165, 1.54) is 28.0 Å². The van der Waals surface area contributed by atoms with Crippen LogP contribution >= 0.6 is 23.1 Å². The van der Waals surface area contributed by atoms with Crippen molar-refractivity contribution in [3.63, 3.8) is 0 Å². The number of esters is 1. The fraction of sp³-hybridized carbons (Fsp3) is 0.364. The lowest BCUT2D eigenvalue weighted by atomic mass is 9.95. The topological polar surface area (TPSA) is 106 Å². The molecule has 0 atom stereocenters. The number of fused-ring (bicyclic) bond motifs is 1. The fourth-order valence-corrected chi connectivity index (χ4v) is 5.35. The lowest BCUT2D eigenvalue weighted by molar-refractivity contribution is -0.113. The Labute approximate surface area is 194 Å². The molecule has 0 saturated carbocycles. The van der Waals surface area contributed by atoms with E-state index in [1.54, 1.807) is 6.92 Å². The van der Waals surface area contributed by atoms with Crippen LogP contribution in [-0.4, -0.2) is 39.4 Å². The van der Waals surface area contributed by atoms with Crippen LogP contribution in [0.2, 0.25) is 0 Å². The molecule has 3 aromatic rings. The molecule has 0 spiro atoms. The van der Waals surface area contributed by atoms with E-state index in [-0.39, 0.29) is 24.2 Å². The van der Waals surface area contributed by atoms with Gasteiger partial charge in [-0.05, 0) is 50.3 Å². The van der Waals surface area contributed by atoms with Gasteiger partial charge in [-0.2, -0.15) is 0 Å². The Morgan fingerprint density at radius 3 is 2.84 bits per heavy atom. The van der Waals surface area contributed by atoms with Gasteiger partial charge in [0.25, 0.3) is 0 Å². The molecule has 1 amide bonds. The number of anilines is 1. The molecule has 1 aliphatic carbocycles. The Kier molecular flexibility index (Phi) is 7.43. The number of aryl methyl sites for hydroxylation is 1. The minimum Gasteiger partial charge on any atom is -0.486 e. The highest BCUT2D eigenvalue weighted by atomic mass is 32.2. The summed E-state index contributed by atoms with van der Waals surface area (Å²) in [6, 6.07) is 9.44. The van der Waals surface area contributed by atoms with Crippen LogP contribution < -0.4 is 10.1 Å². The van der Waals surface area contributed by atoms with E-state index < -0.39 is 0 Å². The van der Waals surface area contributed by atoms with Crippen LogP contribution in [0, 0.1) is 0 Å². The zero-order valence-electron chi connectivity index (χ0n) is 17.7. The zero-order valence-corrected chi connectivity index (χ0v) is 19.3. The van der Waals surface area contributed by atoms with Gasteiger partial charge in [-0.1, -0.05) is 30.0 Å². The average Bonchev–Trinajstić information content (AvgIpc) is 3.41. The lowest BCUT2D eigenvalue weighted by Crippen LogP contribution is -2.17. The van der Waals surface area contributed by atoms with Crippen molar-refractivity contribution in [3.8, 4) is 5.75 Å². The van der Waals surface area contributed by atoms with E-state index in [4.69, 9.17) is 9.47 Å². The number of thiophene rings is 1. The summed E-state index contributed by atoms with van der Waals surface area (Å²) in [6.45, 7) is 2.34. The Morgan fingerprint density at radius 1 is 1.22 bits per heavy atom. The number of aromatic nitrogens is 3. The van der Waals surface area contributed by atoms with Gasteiger partial charge in [0.2, 0.25) is 11.1 Å². The Hall–Kier alpha value is -2.85. The van der Waals surface area contributed by atoms with Crippen LogP contribution in [0.15, 0.2) is 35.5 Å². The molecule has 2 N–H and O–H groups in total. The van der Waals surface area contributed by atoms with Gasteiger partial charge in [-0.15, -0.1) is 16.4 Å². The summed E-state index contributed by atoms with van der Waals surface area (Å²) >= 11 is 2.70. The third-order valence-corrected chi connectivity index (χ3v) is 6.92. The minimum atomic E-state index is -0.369. The Bertz CT molecular complexity index is 1080. The van der Waals surface area contributed by atoms with Gasteiger partial charge in [-0.3, -0.25) is 9.89 Å². The number of aromatic amines is 1. The number of para-hydroxylation sites is 1. The highest BCUT2D eigenvalue weighted by Gasteiger charge is 2.27. The van der Waals surface area contributed by atoms with E-state index in [2.05, 4.69) is 20.5 Å². The molecule has 2 heterocycles. The Morgan fingerprint density at radius 2 is 2.03 bits per heavy atom. The van der Waals surface area contributed by atoms with E-state index in [9.17, 15) is 9.59 Å². The monoisotopic (exact) mass is 472 g/mol. The number of H-pyrrole nitrogens is 1. The normalized spacial score (nSPS) is 12.8. The first-order chi connectivity index (χ1) is 15.6. The van der Waals surface area contributed by atoms with Gasteiger partial charge in [-0.25, -0.2) is 9.78 Å². The Balaban J connectivity index is 1.34. The maximum absolute atomic E-state index is 12.6. The molecule has 0 bridgehead atoms. The van der Waals surface area contributed by atoms with Crippen molar-refractivity contribution in [3.05, 3.63) is 52.2 Å². The molecule has 0 fully saturated rings. The maximum Gasteiger partial charge on any atom is 0.341 e. The van der Waals surface area contributed by atoms with Crippen molar-refractivity contribution in [2.24, 2.45) is 0 Å². The second-order valence-electron chi connectivity index (χ2n) is 7.14.